The van der Waals surface area contributed by atoms with Crippen LogP contribution in [0.2, 0.25) is 0 Å². The lowest BCUT2D eigenvalue weighted by Gasteiger charge is -2.33. The van der Waals surface area contributed by atoms with E-state index >= 15 is 0 Å². The largest absolute Gasteiger partial charge is 0.497 e. The Hall–Kier alpha value is -2.34. The van der Waals surface area contributed by atoms with Crippen molar-refractivity contribution in [1.29, 1.82) is 0 Å². The molecule has 1 atom stereocenters. The number of carbonyl (C=O) groups excluding carboxylic acids is 1. The van der Waals surface area contributed by atoms with Crippen LogP contribution < -0.4 is 15.2 Å². The van der Waals surface area contributed by atoms with E-state index in [-0.39, 0.29) is 11.9 Å². The number of likely N-dealkylation sites (tertiary alicyclic amines) is 1. The van der Waals surface area contributed by atoms with Crippen molar-refractivity contribution in [3.63, 3.8) is 0 Å². The molecule has 1 amide bonds. The van der Waals surface area contributed by atoms with Gasteiger partial charge in [-0.2, -0.15) is 0 Å². The van der Waals surface area contributed by atoms with E-state index in [0.29, 0.717) is 25.5 Å². The van der Waals surface area contributed by atoms with Gasteiger partial charge in [0, 0.05) is 24.1 Å². The number of fused-ring (bicyclic) bond motifs is 1. The first-order valence-electron chi connectivity index (χ1n) is 8.10. The van der Waals surface area contributed by atoms with E-state index in [2.05, 4.69) is 16.3 Å². The minimum absolute atomic E-state index is 0.226. The molecule has 3 rings (SSSR count). The van der Waals surface area contributed by atoms with Gasteiger partial charge in [-0.05, 0) is 44.0 Å². The van der Waals surface area contributed by atoms with Crippen molar-refractivity contribution in [2.45, 2.75) is 18.9 Å². The van der Waals surface area contributed by atoms with Crippen LogP contribution in [0.1, 0.15) is 12.8 Å². The predicted octanol–water partition coefficient (Wildman–Crippen LogP) is 1.78. The zero-order valence-electron chi connectivity index (χ0n) is 13.8. The summed E-state index contributed by atoms with van der Waals surface area (Å²) in [6.07, 6.45) is 3.80. The van der Waals surface area contributed by atoms with Crippen molar-refractivity contribution in [2.24, 2.45) is 5.73 Å². The standard InChI is InChI=1S/C18H22N3O3/c1-23-14-7-5-13-6-8-17(20-15(13)12-14)24-11-10-21-9-3-2-4-16(21)18(19)22/h2,5-8,12,16H,3-4,9-11H2,1H3,(H2,19,22). The average molecular weight is 328 g/mol. The van der Waals surface area contributed by atoms with Crippen LogP contribution in [0.5, 0.6) is 11.6 Å². The Balaban J connectivity index is 1.61. The Kier molecular flexibility index (Phi) is 5.15. The van der Waals surface area contributed by atoms with Gasteiger partial charge in [-0.15, -0.1) is 0 Å². The van der Waals surface area contributed by atoms with Crippen molar-refractivity contribution in [2.75, 3.05) is 26.8 Å². The molecule has 1 saturated heterocycles. The summed E-state index contributed by atoms with van der Waals surface area (Å²) in [6.45, 7) is 1.95. The maximum absolute atomic E-state index is 11.5. The monoisotopic (exact) mass is 328 g/mol. The summed E-state index contributed by atoms with van der Waals surface area (Å²) >= 11 is 0. The molecule has 0 saturated carbocycles. The average Bonchev–Trinajstić information content (AvgIpc) is 2.61. The van der Waals surface area contributed by atoms with Crippen LogP contribution in [0.15, 0.2) is 30.3 Å². The van der Waals surface area contributed by atoms with Crippen molar-refractivity contribution >= 4 is 16.8 Å². The number of benzene rings is 1. The highest BCUT2D eigenvalue weighted by molar-refractivity contribution is 5.80. The zero-order chi connectivity index (χ0) is 16.9. The molecule has 24 heavy (non-hydrogen) atoms. The molecule has 1 aliphatic heterocycles. The van der Waals surface area contributed by atoms with E-state index in [1.165, 1.54) is 0 Å². The predicted molar refractivity (Wildman–Crippen MR) is 91.9 cm³/mol. The lowest BCUT2D eigenvalue weighted by molar-refractivity contribution is -0.123. The molecule has 2 heterocycles. The minimum atomic E-state index is -0.276. The van der Waals surface area contributed by atoms with Crippen LogP contribution in [0.4, 0.5) is 0 Å². The van der Waals surface area contributed by atoms with Gasteiger partial charge in [0.05, 0.1) is 18.7 Å². The molecular weight excluding hydrogens is 306 g/mol. The van der Waals surface area contributed by atoms with E-state index in [0.717, 1.165) is 29.6 Å². The molecule has 0 spiro atoms. The number of hydrogen-bond donors (Lipinski definition) is 1. The van der Waals surface area contributed by atoms with Crippen LogP contribution in [-0.4, -0.2) is 48.6 Å². The van der Waals surface area contributed by atoms with Gasteiger partial charge in [0.1, 0.15) is 12.4 Å². The number of ether oxygens (including phenoxy) is 2. The molecule has 127 valence electrons. The molecule has 6 heteroatoms. The second kappa shape index (κ2) is 7.49. The third-order valence-electron chi connectivity index (χ3n) is 4.28. The molecular formula is C18H22N3O3. The van der Waals surface area contributed by atoms with E-state index in [1.807, 2.05) is 30.3 Å². The highest BCUT2D eigenvalue weighted by Crippen LogP contribution is 2.22. The van der Waals surface area contributed by atoms with Crippen molar-refractivity contribution in [1.82, 2.24) is 9.88 Å². The summed E-state index contributed by atoms with van der Waals surface area (Å²) in [5, 5.41) is 1.03. The molecule has 2 N–H and O–H groups in total. The first kappa shape index (κ1) is 16.5. The van der Waals surface area contributed by atoms with Gasteiger partial charge in [0.2, 0.25) is 11.8 Å². The van der Waals surface area contributed by atoms with Gasteiger partial charge in [0.15, 0.2) is 0 Å². The normalized spacial score (nSPS) is 18.5. The number of amides is 1. The number of nitrogens with zero attached hydrogens (tertiary/aromatic N) is 2. The lowest BCUT2D eigenvalue weighted by atomic mass is 10.0. The van der Waals surface area contributed by atoms with Gasteiger partial charge in [-0.1, -0.05) is 0 Å². The minimum Gasteiger partial charge on any atom is -0.497 e. The summed E-state index contributed by atoms with van der Waals surface area (Å²) < 4.78 is 11.0. The maximum Gasteiger partial charge on any atom is 0.234 e. The number of rotatable bonds is 6. The molecule has 1 radical (unpaired) electrons. The number of nitrogens with two attached hydrogens (primary N) is 1. The number of aromatic nitrogens is 1. The molecule has 1 unspecified atom stereocenters. The Bertz CT molecular complexity index is 720. The van der Waals surface area contributed by atoms with Crippen LogP contribution in [0, 0.1) is 6.42 Å². The number of hydrogen-bond acceptors (Lipinski definition) is 5. The topological polar surface area (TPSA) is 77.7 Å². The fraction of sp³-hybridized carbons (Fsp3) is 0.389. The molecule has 0 bridgehead atoms. The van der Waals surface area contributed by atoms with Gasteiger partial charge in [0.25, 0.3) is 0 Å². The second-order valence-electron chi connectivity index (χ2n) is 5.82. The first-order valence-corrected chi connectivity index (χ1v) is 8.10. The summed E-state index contributed by atoms with van der Waals surface area (Å²) in [4.78, 5) is 18.1. The van der Waals surface area contributed by atoms with Crippen LogP contribution in [0.25, 0.3) is 10.9 Å². The van der Waals surface area contributed by atoms with Crippen LogP contribution in [-0.2, 0) is 4.79 Å². The van der Waals surface area contributed by atoms with Crippen molar-refractivity contribution in [3.8, 4) is 11.6 Å². The Morgan fingerprint density at radius 1 is 1.38 bits per heavy atom. The molecule has 2 aromatic rings. The Labute approximate surface area is 141 Å². The zero-order valence-corrected chi connectivity index (χ0v) is 13.8. The maximum atomic E-state index is 11.5. The third-order valence-corrected chi connectivity index (χ3v) is 4.28. The fourth-order valence-electron chi connectivity index (χ4n) is 2.95. The molecule has 6 nitrogen and oxygen atoms in total. The molecule has 1 aliphatic rings. The van der Waals surface area contributed by atoms with Crippen LogP contribution >= 0.6 is 0 Å². The summed E-state index contributed by atoms with van der Waals surface area (Å²) in [5.74, 6) is 1.05. The number of methoxy groups -OCH3 is 1. The molecule has 1 aromatic carbocycles. The van der Waals surface area contributed by atoms with Gasteiger partial charge < -0.3 is 15.2 Å². The highest BCUT2D eigenvalue weighted by Gasteiger charge is 2.26. The Morgan fingerprint density at radius 2 is 2.21 bits per heavy atom. The van der Waals surface area contributed by atoms with E-state index in [9.17, 15) is 4.79 Å². The molecule has 1 fully saturated rings. The number of pyridine rings is 1. The van der Waals surface area contributed by atoms with Gasteiger partial charge in [-0.25, -0.2) is 4.98 Å². The highest BCUT2D eigenvalue weighted by atomic mass is 16.5. The van der Waals surface area contributed by atoms with Crippen molar-refractivity contribution in [3.05, 3.63) is 36.8 Å². The fourth-order valence-corrected chi connectivity index (χ4v) is 2.95. The first-order chi connectivity index (χ1) is 11.7. The number of piperidine rings is 1. The van der Waals surface area contributed by atoms with Gasteiger partial charge in [-0.3, -0.25) is 9.69 Å². The molecule has 0 aliphatic carbocycles. The van der Waals surface area contributed by atoms with Crippen LogP contribution in [0.3, 0.4) is 0 Å². The number of carbonyl (C=O) groups is 1. The quantitative estimate of drug-likeness (QED) is 0.874. The van der Waals surface area contributed by atoms with Crippen molar-refractivity contribution < 1.29 is 14.3 Å². The van der Waals surface area contributed by atoms with E-state index in [1.54, 1.807) is 7.11 Å². The van der Waals surface area contributed by atoms with E-state index in [4.69, 9.17) is 15.2 Å². The van der Waals surface area contributed by atoms with Gasteiger partial charge >= 0.3 is 0 Å². The summed E-state index contributed by atoms with van der Waals surface area (Å²) in [6, 6.07) is 9.35. The molecule has 1 aromatic heterocycles. The van der Waals surface area contributed by atoms with E-state index < -0.39 is 0 Å². The Morgan fingerprint density at radius 3 is 3.00 bits per heavy atom. The second-order valence-corrected chi connectivity index (χ2v) is 5.82. The third kappa shape index (κ3) is 3.76. The lowest BCUT2D eigenvalue weighted by Crippen LogP contribution is -2.49. The summed E-state index contributed by atoms with van der Waals surface area (Å²) in [7, 11) is 1.63. The summed E-state index contributed by atoms with van der Waals surface area (Å²) in [5.41, 5.74) is 6.29. The smallest absolute Gasteiger partial charge is 0.234 e. The number of primary amides is 1. The SMILES string of the molecule is COc1ccc2ccc(OCCN3CC[CH]CC3C(N)=O)nc2c1.